The Morgan fingerprint density at radius 3 is 2.58 bits per heavy atom. The summed E-state index contributed by atoms with van der Waals surface area (Å²) < 4.78 is 5.20. The lowest BCUT2D eigenvalue weighted by atomic mass is 10.1. The zero-order chi connectivity index (χ0) is 17.7. The van der Waals surface area contributed by atoms with Gasteiger partial charge in [0.25, 0.3) is 5.91 Å². The van der Waals surface area contributed by atoms with E-state index in [-0.39, 0.29) is 12.3 Å². The van der Waals surface area contributed by atoms with Crippen molar-refractivity contribution in [2.24, 2.45) is 0 Å². The van der Waals surface area contributed by atoms with Crippen molar-refractivity contribution in [3.8, 4) is 0 Å². The first-order chi connectivity index (χ1) is 11.4. The monoisotopic (exact) mass is 345 g/mol. The van der Waals surface area contributed by atoms with Crippen LogP contribution in [0.5, 0.6) is 0 Å². The number of hydrogen-bond donors (Lipinski definition) is 1. The molecule has 0 fully saturated rings. The Morgan fingerprint density at radius 2 is 1.88 bits per heavy atom. The van der Waals surface area contributed by atoms with E-state index in [2.05, 4.69) is 5.32 Å². The Hall–Kier alpha value is -2.33. The Bertz CT molecular complexity index is 758. The van der Waals surface area contributed by atoms with Gasteiger partial charge in [-0.25, -0.2) is 0 Å². The lowest BCUT2D eigenvalue weighted by Crippen LogP contribution is -2.30. The van der Waals surface area contributed by atoms with Crippen molar-refractivity contribution in [3.05, 3.63) is 64.2 Å². The van der Waals surface area contributed by atoms with E-state index in [4.69, 9.17) is 16.3 Å². The first kappa shape index (κ1) is 18.0. The molecule has 1 amide bonds. The minimum absolute atomic E-state index is 0.0285. The van der Waals surface area contributed by atoms with E-state index in [1.165, 1.54) is 0 Å². The van der Waals surface area contributed by atoms with E-state index in [0.717, 1.165) is 11.1 Å². The molecule has 0 radical (unpaired) electrons. The smallest absolute Gasteiger partial charge is 0.311 e. The molecule has 0 aliphatic heterocycles. The van der Waals surface area contributed by atoms with Gasteiger partial charge in [0.2, 0.25) is 0 Å². The summed E-state index contributed by atoms with van der Waals surface area (Å²) >= 11 is 6.02. The van der Waals surface area contributed by atoms with Gasteiger partial charge in [-0.3, -0.25) is 9.59 Å². The lowest BCUT2D eigenvalue weighted by molar-refractivity contribution is -0.152. The number of ether oxygens (including phenoxy) is 1. The third-order valence-electron chi connectivity index (χ3n) is 3.62. The molecular weight excluding hydrogens is 326 g/mol. The van der Waals surface area contributed by atoms with Crippen LogP contribution in [0.3, 0.4) is 0 Å². The highest BCUT2D eigenvalue weighted by molar-refractivity contribution is 6.31. The predicted molar refractivity (Wildman–Crippen MR) is 95.3 cm³/mol. The number of benzene rings is 2. The maximum atomic E-state index is 12.2. The molecule has 0 heterocycles. The zero-order valence-corrected chi connectivity index (χ0v) is 14.7. The van der Waals surface area contributed by atoms with E-state index < -0.39 is 12.1 Å². The van der Waals surface area contributed by atoms with Crippen molar-refractivity contribution in [2.75, 3.05) is 5.32 Å². The molecule has 24 heavy (non-hydrogen) atoms. The van der Waals surface area contributed by atoms with Gasteiger partial charge >= 0.3 is 5.97 Å². The fourth-order valence-electron chi connectivity index (χ4n) is 2.19. The van der Waals surface area contributed by atoms with Gasteiger partial charge in [-0.15, -0.1) is 0 Å². The Balaban J connectivity index is 1.95. The largest absolute Gasteiger partial charge is 0.452 e. The second-order valence-corrected chi connectivity index (χ2v) is 6.12. The normalized spacial score (nSPS) is 11.7. The van der Waals surface area contributed by atoms with E-state index in [0.29, 0.717) is 16.3 Å². The highest BCUT2D eigenvalue weighted by atomic mass is 35.5. The predicted octanol–water partition coefficient (Wildman–Crippen LogP) is 4.07. The molecule has 0 spiro atoms. The van der Waals surface area contributed by atoms with Gasteiger partial charge in [0, 0.05) is 10.7 Å². The molecule has 0 aliphatic rings. The summed E-state index contributed by atoms with van der Waals surface area (Å²) in [4.78, 5) is 24.2. The third kappa shape index (κ3) is 4.83. The van der Waals surface area contributed by atoms with Crippen molar-refractivity contribution in [1.82, 2.24) is 0 Å². The topological polar surface area (TPSA) is 55.4 Å². The number of amides is 1. The lowest BCUT2D eigenvalue weighted by Gasteiger charge is -2.15. The number of hydrogen-bond acceptors (Lipinski definition) is 3. The number of carbonyl (C=O) groups is 2. The zero-order valence-electron chi connectivity index (χ0n) is 13.9. The molecule has 1 unspecified atom stereocenters. The van der Waals surface area contributed by atoms with Crippen LogP contribution < -0.4 is 5.32 Å². The van der Waals surface area contributed by atoms with Gasteiger partial charge in [-0.2, -0.15) is 0 Å². The molecule has 126 valence electrons. The first-order valence-electron chi connectivity index (χ1n) is 7.68. The van der Waals surface area contributed by atoms with Crippen LogP contribution in [0.2, 0.25) is 5.02 Å². The summed E-state index contributed by atoms with van der Waals surface area (Å²) in [6, 6.07) is 12.8. The molecule has 0 bridgehead atoms. The molecule has 5 heteroatoms. The Labute approximate surface area is 146 Å². The quantitative estimate of drug-likeness (QED) is 0.831. The van der Waals surface area contributed by atoms with Crippen molar-refractivity contribution in [1.29, 1.82) is 0 Å². The summed E-state index contributed by atoms with van der Waals surface area (Å²) in [7, 11) is 0. The van der Waals surface area contributed by atoms with Crippen LogP contribution in [0.25, 0.3) is 0 Å². The van der Waals surface area contributed by atoms with Gasteiger partial charge in [0.05, 0.1) is 6.42 Å². The van der Waals surface area contributed by atoms with E-state index in [1.54, 1.807) is 31.2 Å². The Morgan fingerprint density at radius 1 is 1.17 bits per heavy atom. The van der Waals surface area contributed by atoms with Crippen LogP contribution >= 0.6 is 11.6 Å². The number of nitrogens with one attached hydrogen (secondary N) is 1. The van der Waals surface area contributed by atoms with Crippen LogP contribution in [-0.2, 0) is 20.7 Å². The number of halogens is 1. The summed E-state index contributed by atoms with van der Waals surface area (Å²) in [5.41, 5.74) is 3.38. The summed E-state index contributed by atoms with van der Waals surface area (Å²) in [6.45, 7) is 5.40. The maximum absolute atomic E-state index is 12.2. The average molecular weight is 346 g/mol. The molecule has 2 aromatic rings. The molecule has 1 atom stereocenters. The molecule has 0 aliphatic carbocycles. The van der Waals surface area contributed by atoms with Crippen molar-refractivity contribution >= 4 is 29.2 Å². The number of anilines is 1. The van der Waals surface area contributed by atoms with Crippen LogP contribution in [0.1, 0.15) is 23.6 Å². The van der Waals surface area contributed by atoms with Crippen molar-refractivity contribution in [2.45, 2.75) is 33.3 Å². The van der Waals surface area contributed by atoms with Crippen molar-refractivity contribution < 1.29 is 14.3 Å². The third-order valence-corrected chi connectivity index (χ3v) is 3.99. The number of esters is 1. The second-order valence-electron chi connectivity index (χ2n) is 5.71. The molecule has 2 aromatic carbocycles. The summed E-state index contributed by atoms with van der Waals surface area (Å²) in [5.74, 6) is -0.858. The molecule has 4 nitrogen and oxygen atoms in total. The fourth-order valence-corrected chi connectivity index (χ4v) is 2.40. The standard InChI is InChI=1S/C19H20ClNO3/c1-12-8-9-13(2)17(10-12)21-19(23)14(3)24-18(22)11-15-6-4-5-7-16(15)20/h4-10,14H,11H2,1-3H3,(H,21,23). The van der Waals surface area contributed by atoms with E-state index >= 15 is 0 Å². The fraction of sp³-hybridized carbons (Fsp3) is 0.263. The van der Waals surface area contributed by atoms with Crippen LogP contribution in [0.15, 0.2) is 42.5 Å². The van der Waals surface area contributed by atoms with Crippen molar-refractivity contribution in [3.63, 3.8) is 0 Å². The highest BCUT2D eigenvalue weighted by Gasteiger charge is 2.19. The number of carbonyl (C=O) groups excluding carboxylic acids is 2. The van der Waals surface area contributed by atoms with Crippen LogP contribution in [0.4, 0.5) is 5.69 Å². The van der Waals surface area contributed by atoms with Crippen LogP contribution in [0, 0.1) is 13.8 Å². The van der Waals surface area contributed by atoms with Crippen LogP contribution in [-0.4, -0.2) is 18.0 Å². The van der Waals surface area contributed by atoms with Gasteiger partial charge in [-0.1, -0.05) is 41.9 Å². The minimum Gasteiger partial charge on any atom is -0.452 e. The first-order valence-corrected chi connectivity index (χ1v) is 8.05. The summed E-state index contributed by atoms with van der Waals surface area (Å²) in [6.07, 6.45) is -0.860. The molecule has 0 saturated heterocycles. The average Bonchev–Trinajstić information content (AvgIpc) is 2.53. The van der Waals surface area contributed by atoms with E-state index in [9.17, 15) is 9.59 Å². The minimum atomic E-state index is -0.889. The maximum Gasteiger partial charge on any atom is 0.311 e. The molecule has 2 rings (SSSR count). The Kier molecular flexibility index (Phi) is 5.99. The molecule has 0 aromatic heterocycles. The van der Waals surface area contributed by atoms with Gasteiger partial charge in [0.1, 0.15) is 0 Å². The van der Waals surface area contributed by atoms with Gasteiger partial charge in [0.15, 0.2) is 6.10 Å². The number of aryl methyl sites for hydroxylation is 2. The van der Waals surface area contributed by atoms with Gasteiger partial charge in [-0.05, 0) is 49.6 Å². The highest BCUT2D eigenvalue weighted by Crippen LogP contribution is 2.18. The molecule has 0 saturated carbocycles. The van der Waals surface area contributed by atoms with Gasteiger partial charge < -0.3 is 10.1 Å². The van der Waals surface area contributed by atoms with E-state index in [1.807, 2.05) is 32.0 Å². The summed E-state index contributed by atoms with van der Waals surface area (Å²) in [5, 5.41) is 3.29. The molecule has 1 N–H and O–H groups in total. The second kappa shape index (κ2) is 7.97. The SMILES string of the molecule is Cc1ccc(C)c(NC(=O)C(C)OC(=O)Cc2ccccc2Cl)c1. The number of rotatable bonds is 5. The molecular formula is C19H20ClNO3.